The van der Waals surface area contributed by atoms with Crippen molar-refractivity contribution in [2.45, 2.75) is 63.7 Å². The zero-order chi connectivity index (χ0) is 30.8. The number of fused-ring (bicyclic) bond motifs is 1. The molecule has 13 heteroatoms. The van der Waals surface area contributed by atoms with Gasteiger partial charge in [0.25, 0.3) is 0 Å². The van der Waals surface area contributed by atoms with E-state index < -0.39 is 60.1 Å². The molecule has 5 amide bonds. The molecular formula is C30H40ClN7O5. The molecule has 0 spiro atoms. The minimum absolute atomic E-state index is 0. The Morgan fingerprint density at radius 2 is 1.37 bits per heavy atom. The van der Waals surface area contributed by atoms with Gasteiger partial charge in [-0.15, -0.1) is 12.4 Å². The summed E-state index contributed by atoms with van der Waals surface area (Å²) < 4.78 is 0. The van der Waals surface area contributed by atoms with Crippen molar-refractivity contribution in [3.63, 3.8) is 0 Å². The van der Waals surface area contributed by atoms with Crippen LogP contribution in [0, 0.1) is 5.92 Å². The van der Waals surface area contributed by atoms with Gasteiger partial charge >= 0.3 is 0 Å². The van der Waals surface area contributed by atoms with Crippen molar-refractivity contribution in [3.05, 3.63) is 71.9 Å². The molecule has 0 saturated heterocycles. The van der Waals surface area contributed by atoms with E-state index in [1.807, 2.05) is 44.2 Å². The first kappa shape index (κ1) is 34.8. The Bertz CT molecular complexity index is 1410. The zero-order valence-electron chi connectivity index (χ0n) is 24.2. The number of aromatic amines is 1. The molecule has 0 aliphatic rings. The van der Waals surface area contributed by atoms with E-state index in [1.54, 1.807) is 30.5 Å². The first-order valence-electron chi connectivity index (χ1n) is 13.8. The van der Waals surface area contributed by atoms with Crippen molar-refractivity contribution in [1.82, 2.24) is 20.9 Å². The molecule has 3 aromatic rings. The number of carbonyl (C=O) groups is 5. The average molecular weight is 614 g/mol. The molecule has 232 valence electrons. The number of aromatic nitrogens is 1. The SMILES string of the molecule is CC(C)C[C@H](NC(=O)[C@@H](N)Cc1c[nH]c2ccccc12)C(=O)N[C@@H](CC(=O)N[C@@H](Cc1ccccc1)C(N)=O)C(N)=O.Cl. The van der Waals surface area contributed by atoms with Crippen molar-refractivity contribution in [2.75, 3.05) is 0 Å². The number of para-hydroxylation sites is 1. The van der Waals surface area contributed by atoms with Crippen LogP contribution in [0.1, 0.15) is 37.8 Å². The van der Waals surface area contributed by atoms with Crippen LogP contribution in [0.5, 0.6) is 0 Å². The lowest BCUT2D eigenvalue weighted by Crippen LogP contribution is -2.57. The number of rotatable bonds is 15. The van der Waals surface area contributed by atoms with Gasteiger partial charge in [-0.1, -0.05) is 62.4 Å². The lowest BCUT2D eigenvalue weighted by atomic mass is 10.0. The van der Waals surface area contributed by atoms with Crippen LogP contribution in [0.3, 0.4) is 0 Å². The molecule has 1 heterocycles. The molecular weight excluding hydrogens is 574 g/mol. The van der Waals surface area contributed by atoms with Gasteiger partial charge in [0, 0.05) is 23.5 Å². The van der Waals surface area contributed by atoms with Gasteiger partial charge in [0.05, 0.1) is 12.5 Å². The van der Waals surface area contributed by atoms with Gasteiger partial charge in [-0.25, -0.2) is 0 Å². The number of hydrogen-bond donors (Lipinski definition) is 7. The Hall–Kier alpha value is -4.42. The van der Waals surface area contributed by atoms with E-state index in [0.717, 1.165) is 22.0 Å². The standard InChI is InChI=1S/C30H39N7O5.ClH/c1-17(2)12-25(37-29(41)21(31)14-19-16-34-22-11-7-6-10-20(19)22)30(42)36-24(28(33)40)15-26(38)35-23(27(32)39)13-18-8-4-3-5-9-18;/h3-11,16-17,21,23-25,34H,12-15,31H2,1-2H3,(H2,32,39)(H2,33,40)(H,35,38)(H,36,42)(H,37,41);1H/t21-,23-,24-,25-;/m0./s1. The summed E-state index contributed by atoms with van der Waals surface area (Å²) in [6.07, 6.45) is 1.90. The fraction of sp³-hybridized carbons (Fsp3) is 0.367. The van der Waals surface area contributed by atoms with Crippen LogP contribution in [0.2, 0.25) is 0 Å². The zero-order valence-corrected chi connectivity index (χ0v) is 25.0. The summed E-state index contributed by atoms with van der Waals surface area (Å²) in [5.41, 5.74) is 19.7. The molecule has 2 aromatic carbocycles. The van der Waals surface area contributed by atoms with Gasteiger partial charge in [0.1, 0.15) is 18.1 Å². The van der Waals surface area contributed by atoms with E-state index in [0.29, 0.717) is 0 Å². The highest BCUT2D eigenvalue weighted by Crippen LogP contribution is 2.19. The normalized spacial score (nSPS) is 13.7. The third kappa shape index (κ3) is 10.4. The van der Waals surface area contributed by atoms with Crippen LogP contribution in [-0.4, -0.2) is 58.7 Å². The topological polar surface area (TPSA) is 215 Å². The highest BCUT2D eigenvalue weighted by molar-refractivity contribution is 5.95. The predicted octanol–water partition coefficient (Wildman–Crippen LogP) is 0.563. The fourth-order valence-electron chi connectivity index (χ4n) is 4.62. The van der Waals surface area contributed by atoms with E-state index in [4.69, 9.17) is 17.2 Å². The van der Waals surface area contributed by atoms with Crippen molar-refractivity contribution < 1.29 is 24.0 Å². The largest absolute Gasteiger partial charge is 0.368 e. The molecule has 0 bridgehead atoms. The second kappa shape index (κ2) is 16.3. The van der Waals surface area contributed by atoms with Gasteiger partial charge in [0.15, 0.2) is 0 Å². The Morgan fingerprint density at radius 1 is 0.767 bits per heavy atom. The first-order chi connectivity index (χ1) is 19.9. The second-order valence-corrected chi connectivity index (χ2v) is 10.7. The Balaban J connectivity index is 0.00000645. The lowest BCUT2D eigenvalue weighted by molar-refractivity contribution is -0.134. The minimum atomic E-state index is -1.39. The minimum Gasteiger partial charge on any atom is -0.368 e. The highest BCUT2D eigenvalue weighted by atomic mass is 35.5. The maximum atomic E-state index is 13.2. The second-order valence-electron chi connectivity index (χ2n) is 10.7. The van der Waals surface area contributed by atoms with Gasteiger partial charge in [0.2, 0.25) is 29.5 Å². The molecule has 4 atom stereocenters. The molecule has 43 heavy (non-hydrogen) atoms. The van der Waals surface area contributed by atoms with Crippen LogP contribution in [0.25, 0.3) is 10.9 Å². The Kier molecular flexibility index (Phi) is 13.2. The maximum absolute atomic E-state index is 13.2. The third-order valence-electron chi connectivity index (χ3n) is 6.80. The molecule has 0 unspecified atom stereocenters. The highest BCUT2D eigenvalue weighted by Gasteiger charge is 2.30. The van der Waals surface area contributed by atoms with Crippen LogP contribution in [-0.2, 0) is 36.8 Å². The molecule has 0 aliphatic carbocycles. The maximum Gasteiger partial charge on any atom is 0.243 e. The van der Waals surface area contributed by atoms with Crippen LogP contribution in [0.4, 0.5) is 0 Å². The molecule has 10 N–H and O–H groups in total. The van der Waals surface area contributed by atoms with E-state index in [1.165, 1.54) is 0 Å². The van der Waals surface area contributed by atoms with E-state index in [9.17, 15) is 24.0 Å². The molecule has 1 aromatic heterocycles. The molecule has 0 fully saturated rings. The lowest BCUT2D eigenvalue weighted by Gasteiger charge is -2.24. The number of H-pyrrole nitrogens is 1. The molecule has 0 saturated carbocycles. The van der Waals surface area contributed by atoms with Gasteiger partial charge in [-0.05, 0) is 36.0 Å². The fourth-order valence-corrected chi connectivity index (χ4v) is 4.62. The Labute approximate surface area is 256 Å². The van der Waals surface area contributed by atoms with Crippen LogP contribution >= 0.6 is 12.4 Å². The van der Waals surface area contributed by atoms with Gasteiger partial charge in [-0.3, -0.25) is 24.0 Å². The third-order valence-corrected chi connectivity index (χ3v) is 6.80. The Morgan fingerprint density at radius 3 is 2.00 bits per heavy atom. The number of nitrogens with one attached hydrogen (secondary N) is 4. The van der Waals surface area contributed by atoms with Gasteiger partial charge < -0.3 is 38.1 Å². The summed E-state index contributed by atoms with van der Waals surface area (Å²) in [4.78, 5) is 66.2. The number of halogens is 1. The summed E-state index contributed by atoms with van der Waals surface area (Å²) in [6, 6.07) is 12.2. The van der Waals surface area contributed by atoms with Crippen LogP contribution < -0.4 is 33.2 Å². The first-order valence-corrected chi connectivity index (χ1v) is 13.8. The number of benzene rings is 2. The summed E-state index contributed by atoms with van der Waals surface area (Å²) in [5, 5.41) is 8.60. The predicted molar refractivity (Wildman–Crippen MR) is 166 cm³/mol. The summed E-state index contributed by atoms with van der Waals surface area (Å²) >= 11 is 0. The summed E-state index contributed by atoms with van der Waals surface area (Å²) in [7, 11) is 0. The molecule has 3 rings (SSSR count). The van der Waals surface area contributed by atoms with Crippen molar-refractivity contribution in [2.24, 2.45) is 23.1 Å². The summed E-state index contributed by atoms with van der Waals surface area (Å²) in [6.45, 7) is 3.74. The average Bonchev–Trinajstić information content (AvgIpc) is 3.34. The monoisotopic (exact) mass is 613 g/mol. The molecule has 12 nitrogen and oxygen atoms in total. The molecule has 0 aliphatic heterocycles. The van der Waals surface area contributed by atoms with Crippen molar-refractivity contribution >= 4 is 52.8 Å². The van der Waals surface area contributed by atoms with E-state index >= 15 is 0 Å². The van der Waals surface area contributed by atoms with E-state index in [2.05, 4.69) is 20.9 Å². The number of hydrogen-bond acceptors (Lipinski definition) is 6. The number of nitrogens with two attached hydrogens (primary N) is 3. The smallest absolute Gasteiger partial charge is 0.243 e. The molecule has 0 radical (unpaired) electrons. The quantitative estimate of drug-likeness (QED) is 0.130. The van der Waals surface area contributed by atoms with E-state index in [-0.39, 0.29) is 37.6 Å². The van der Waals surface area contributed by atoms with Crippen molar-refractivity contribution in [1.29, 1.82) is 0 Å². The van der Waals surface area contributed by atoms with Crippen molar-refractivity contribution in [3.8, 4) is 0 Å². The number of primary amides is 2. The summed E-state index contributed by atoms with van der Waals surface area (Å²) in [5.74, 6) is -3.65. The number of amides is 5. The van der Waals surface area contributed by atoms with Gasteiger partial charge in [-0.2, -0.15) is 0 Å². The number of carbonyl (C=O) groups excluding carboxylic acids is 5. The van der Waals surface area contributed by atoms with Crippen LogP contribution in [0.15, 0.2) is 60.8 Å².